The average Bonchev–Trinajstić information content (AvgIpc) is 3.76. The third kappa shape index (κ3) is 5.44. The molecule has 0 spiro atoms. The van der Waals surface area contributed by atoms with Crippen molar-refractivity contribution in [2.24, 2.45) is 4.99 Å². The van der Waals surface area contributed by atoms with Crippen LogP contribution < -0.4 is 0 Å². The number of nitrogens with zero attached hydrogens (tertiary/aromatic N) is 2. The predicted octanol–water partition coefficient (Wildman–Crippen LogP) is 13.2. The quantitative estimate of drug-likeness (QED) is 0.126. The normalized spacial score (nSPS) is 11.8. The number of benzene rings is 8. The molecule has 54 heavy (non-hydrogen) atoms. The summed E-state index contributed by atoms with van der Waals surface area (Å²) < 4.78 is 8.89. The molecule has 10 aromatic rings. The van der Waals surface area contributed by atoms with Crippen LogP contribution in [-0.2, 0) is 6.42 Å². The lowest BCUT2D eigenvalue weighted by atomic mass is 9.98. The van der Waals surface area contributed by atoms with Crippen LogP contribution in [0.15, 0.2) is 185 Å². The van der Waals surface area contributed by atoms with Crippen molar-refractivity contribution < 1.29 is 4.42 Å². The van der Waals surface area contributed by atoms with Crippen molar-refractivity contribution in [2.45, 2.75) is 13.3 Å². The minimum atomic E-state index is 0.677. The molecule has 0 saturated carbocycles. The second-order valence-electron chi connectivity index (χ2n) is 13.7. The highest BCUT2D eigenvalue weighted by Crippen LogP contribution is 2.40. The first-order chi connectivity index (χ1) is 26.7. The van der Waals surface area contributed by atoms with Crippen molar-refractivity contribution in [1.82, 2.24) is 4.57 Å². The number of hydrogen-bond acceptors (Lipinski definition) is 2. The van der Waals surface area contributed by atoms with Crippen molar-refractivity contribution in [1.29, 1.82) is 0 Å². The third-order valence-electron chi connectivity index (χ3n) is 10.5. The van der Waals surface area contributed by atoms with Gasteiger partial charge in [0.2, 0.25) is 0 Å². The highest BCUT2D eigenvalue weighted by atomic mass is 16.3. The van der Waals surface area contributed by atoms with Crippen LogP contribution in [0.4, 0.5) is 5.69 Å². The van der Waals surface area contributed by atoms with Crippen LogP contribution in [0.1, 0.15) is 23.6 Å². The molecule has 8 aromatic carbocycles. The molecule has 254 valence electrons. The minimum Gasteiger partial charge on any atom is -0.456 e. The van der Waals surface area contributed by atoms with Gasteiger partial charge in [0.15, 0.2) is 0 Å². The van der Waals surface area contributed by atoms with Crippen molar-refractivity contribution in [3.8, 4) is 28.7 Å². The first-order valence-electron chi connectivity index (χ1n) is 18.3. The highest BCUT2D eigenvalue weighted by Gasteiger charge is 2.18. The van der Waals surface area contributed by atoms with Gasteiger partial charge in [-0.05, 0) is 82.4 Å². The fourth-order valence-electron chi connectivity index (χ4n) is 7.89. The number of para-hydroxylation sites is 2. The smallest absolute Gasteiger partial charge is 0.137 e. The third-order valence-corrected chi connectivity index (χ3v) is 10.5. The van der Waals surface area contributed by atoms with Gasteiger partial charge in [0.1, 0.15) is 11.2 Å². The van der Waals surface area contributed by atoms with Gasteiger partial charge in [-0.3, -0.25) is 4.99 Å². The van der Waals surface area contributed by atoms with E-state index in [1.807, 2.05) is 31.2 Å². The SMILES string of the molecule is CC#Cc1ccccc1/N=C(\Cc1ccc(-c2ccccc2)cc1)c1ccc(-n2c3ccccc3c3cc4c(cc32)oc2ccc3ccccc3c24)cc1. The molecule has 2 aromatic heterocycles. The summed E-state index contributed by atoms with van der Waals surface area (Å²) in [5, 5.41) is 7.14. The van der Waals surface area contributed by atoms with E-state index in [1.54, 1.807) is 0 Å². The van der Waals surface area contributed by atoms with Gasteiger partial charge in [0.05, 0.1) is 28.0 Å². The Labute approximate surface area is 313 Å². The molecular weight excluding hydrogens is 657 g/mol. The van der Waals surface area contributed by atoms with E-state index in [0.29, 0.717) is 6.42 Å². The summed E-state index contributed by atoms with van der Waals surface area (Å²) in [6.45, 7) is 1.87. The van der Waals surface area contributed by atoms with Crippen molar-refractivity contribution in [2.75, 3.05) is 0 Å². The van der Waals surface area contributed by atoms with Crippen LogP contribution >= 0.6 is 0 Å². The number of furan rings is 1. The van der Waals surface area contributed by atoms with E-state index in [9.17, 15) is 0 Å². The number of rotatable bonds is 6. The van der Waals surface area contributed by atoms with Crippen LogP contribution in [0.3, 0.4) is 0 Å². The summed E-state index contributed by atoms with van der Waals surface area (Å²) in [6, 6.07) is 62.3. The molecular formula is C51H34N2O. The lowest BCUT2D eigenvalue weighted by Crippen LogP contribution is -2.06. The number of aromatic nitrogens is 1. The maximum absolute atomic E-state index is 6.54. The molecule has 0 bridgehead atoms. The molecule has 0 aliphatic carbocycles. The van der Waals surface area contributed by atoms with Crippen molar-refractivity contribution >= 4 is 65.9 Å². The fourth-order valence-corrected chi connectivity index (χ4v) is 7.89. The molecule has 3 nitrogen and oxygen atoms in total. The van der Waals surface area contributed by atoms with Crippen LogP contribution in [0.2, 0.25) is 0 Å². The lowest BCUT2D eigenvalue weighted by molar-refractivity contribution is 0.669. The molecule has 2 heterocycles. The van der Waals surface area contributed by atoms with Gasteiger partial charge in [-0.2, -0.15) is 0 Å². The Bertz CT molecular complexity index is 3110. The monoisotopic (exact) mass is 690 g/mol. The van der Waals surface area contributed by atoms with Crippen molar-refractivity contribution in [3.05, 3.63) is 193 Å². The summed E-state index contributed by atoms with van der Waals surface area (Å²) in [4.78, 5) is 5.29. The summed E-state index contributed by atoms with van der Waals surface area (Å²) in [5.41, 5.74) is 12.6. The van der Waals surface area contributed by atoms with Gasteiger partial charge in [-0.15, -0.1) is 5.92 Å². The number of aliphatic imine (C=N–C) groups is 1. The summed E-state index contributed by atoms with van der Waals surface area (Å²) >= 11 is 0. The second kappa shape index (κ2) is 13.1. The first kappa shape index (κ1) is 31.6. The molecule has 3 heteroatoms. The van der Waals surface area contributed by atoms with E-state index in [0.717, 1.165) is 55.8 Å². The second-order valence-corrected chi connectivity index (χ2v) is 13.7. The van der Waals surface area contributed by atoms with Gasteiger partial charge >= 0.3 is 0 Å². The topological polar surface area (TPSA) is 30.4 Å². The van der Waals surface area contributed by atoms with E-state index in [-0.39, 0.29) is 0 Å². The number of hydrogen-bond donors (Lipinski definition) is 0. The molecule has 0 aliphatic heterocycles. The molecule has 0 saturated heterocycles. The van der Waals surface area contributed by atoms with E-state index in [4.69, 9.17) is 9.41 Å². The molecule has 0 unspecified atom stereocenters. The zero-order valence-corrected chi connectivity index (χ0v) is 29.8. The van der Waals surface area contributed by atoms with Gasteiger partial charge in [0, 0.05) is 39.7 Å². The number of fused-ring (bicyclic) bond motifs is 8. The molecule has 0 aliphatic rings. The van der Waals surface area contributed by atoms with E-state index in [2.05, 4.69) is 168 Å². The highest BCUT2D eigenvalue weighted by molar-refractivity contribution is 6.23. The Morgan fingerprint density at radius 2 is 1.30 bits per heavy atom. The van der Waals surface area contributed by atoms with E-state index in [1.165, 1.54) is 43.6 Å². The van der Waals surface area contributed by atoms with Gasteiger partial charge in [0.25, 0.3) is 0 Å². The van der Waals surface area contributed by atoms with Gasteiger partial charge < -0.3 is 8.98 Å². The Hall–Kier alpha value is -7.15. The molecule has 0 fully saturated rings. The van der Waals surface area contributed by atoms with Crippen molar-refractivity contribution in [3.63, 3.8) is 0 Å². The van der Waals surface area contributed by atoms with Crippen LogP contribution in [0, 0.1) is 11.8 Å². The van der Waals surface area contributed by atoms with Gasteiger partial charge in [-0.1, -0.05) is 133 Å². The van der Waals surface area contributed by atoms with Crippen LogP contribution in [0.25, 0.3) is 71.3 Å². The fraction of sp³-hybridized carbons (Fsp3) is 0.0392. The minimum absolute atomic E-state index is 0.677. The average molecular weight is 691 g/mol. The van der Waals surface area contributed by atoms with Crippen LogP contribution in [0.5, 0.6) is 0 Å². The van der Waals surface area contributed by atoms with Crippen LogP contribution in [-0.4, -0.2) is 10.3 Å². The Balaban J connectivity index is 1.09. The molecule has 0 N–H and O–H groups in total. The zero-order chi connectivity index (χ0) is 36.0. The predicted molar refractivity (Wildman–Crippen MR) is 226 cm³/mol. The maximum Gasteiger partial charge on any atom is 0.137 e. The largest absolute Gasteiger partial charge is 0.456 e. The summed E-state index contributed by atoms with van der Waals surface area (Å²) in [6.07, 6.45) is 0.677. The molecule has 10 rings (SSSR count). The van der Waals surface area contributed by atoms with E-state index < -0.39 is 0 Å². The Kier molecular flexibility index (Phi) is 7.67. The molecule has 0 radical (unpaired) electrons. The first-order valence-corrected chi connectivity index (χ1v) is 18.3. The van der Waals surface area contributed by atoms with Gasteiger partial charge in [-0.25, -0.2) is 0 Å². The molecule has 0 atom stereocenters. The lowest BCUT2D eigenvalue weighted by Gasteiger charge is -2.12. The molecule has 0 amide bonds. The summed E-state index contributed by atoms with van der Waals surface area (Å²) in [7, 11) is 0. The standard InChI is InChI=1S/C51H34N2O/c1-2-12-38-16-7-10-19-45(38)52-46(31-34-21-23-36(24-22-34)35-13-4-3-5-14-35)39-25-28-40(29-26-39)53-47-20-11-9-18-42(47)43-32-44-50(33-48(43)53)54-49-30-27-37-15-6-8-17-41(37)51(44)49/h3-11,13-30,32-33H,31H2,1H3/b52-46+. The zero-order valence-electron chi connectivity index (χ0n) is 29.8. The maximum atomic E-state index is 6.54. The Morgan fingerprint density at radius 1 is 0.574 bits per heavy atom. The Morgan fingerprint density at radius 3 is 2.13 bits per heavy atom. The summed E-state index contributed by atoms with van der Waals surface area (Å²) in [5.74, 6) is 6.30. The van der Waals surface area contributed by atoms with E-state index >= 15 is 0 Å².